The molecule has 0 saturated heterocycles. The number of nitrogens with one attached hydrogen (secondary N) is 2. The fourth-order valence-electron chi connectivity index (χ4n) is 1.96. The van der Waals surface area contributed by atoms with Gasteiger partial charge in [0.2, 0.25) is 11.6 Å². The second-order valence-electron chi connectivity index (χ2n) is 4.58. The van der Waals surface area contributed by atoms with E-state index in [1.54, 1.807) is 11.6 Å². The van der Waals surface area contributed by atoms with Crippen molar-refractivity contribution in [1.29, 1.82) is 0 Å². The number of hydrogen-bond donors (Lipinski definition) is 2. The first kappa shape index (κ1) is 14.9. The lowest BCUT2D eigenvalue weighted by atomic mass is 10.2. The van der Waals surface area contributed by atoms with E-state index in [1.807, 2.05) is 31.2 Å². The first-order valence-corrected chi connectivity index (χ1v) is 7.51. The van der Waals surface area contributed by atoms with Crippen LogP contribution in [0.1, 0.15) is 5.56 Å². The lowest BCUT2D eigenvalue weighted by Crippen LogP contribution is -2.05. The van der Waals surface area contributed by atoms with Crippen molar-refractivity contribution in [2.75, 3.05) is 10.6 Å². The van der Waals surface area contributed by atoms with Crippen LogP contribution in [0.2, 0.25) is 0 Å². The number of nitrogens with zero attached hydrogens (tertiary/aromatic N) is 4. The Kier molecular flexibility index (Phi) is 4.11. The Morgan fingerprint density at radius 2 is 1.87 bits per heavy atom. The van der Waals surface area contributed by atoms with Crippen molar-refractivity contribution < 1.29 is 4.92 Å². The van der Waals surface area contributed by atoms with Gasteiger partial charge in [-0.05, 0) is 18.6 Å². The largest absolute Gasteiger partial charge is 0.353 e. The van der Waals surface area contributed by atoms with E-state index in [9.17, 15) is 10.1 Å². The van der Waals surface area contributed by atoms with E-state index >= 15 is 0 Å². The highest BCUT2D eigenvalue weighted by Gasteiger charge is 2.24. The second kappa shape index (κ2) is 6.36. The van der Waals surface area contributed by atoms with Crippen LogP contribution in [0, 0.1) is 17.0 Å². The van der Waals surface area contributed by atoms with Gasteiger partial charge in [0.1, 0.15) is 6.33 Å². The SMILES string of the molecule is Cc1ccccc1Nc1ncnc(Nc2nccs2)c1[N+](=O)[O-]. The molecule has 1 aromatic carbocycles. The minimum Gasteiger partial charge on any atom is -0.334 e. The first-order valence-electron chi connectivity index (χ1n) is 6.63. The van der Waals surface area contributed by atoms with E-state index in [-0.39, 0.29) is 17.3 Å². The topological polar surface area (TPSA) is 106 Å². The second-order valence-corrected chi connectivity index (χ2v) is 5.47. The van der Waals surface area contributed by atoms with Crippen molar-refractivity contribution in [1.82, 2.24) is 15.0 Å². The van der Waals surface area contributed by atoms with Gasteiger partial charge < -0.3 is 10.6 Å². The lowest BCUT2D eigenvalue weighted by Gasteiger charge is -2.10. The number of anilines is 4. The van der Waals surface area contributed by atoms with E-state index in [2.05, 4.69) is 25.6 Å². The molecule has 0 atom stereocenters. The normalized spacial score (nSPS) is 10.3. The summed E-state index contributed by atoms with van der Waals surface area (Å²) >= 11 is 1.32. The van der Waals surface area contributed by atoms with E-state index < -0.39 is 4.92 Å². The van der Waals surface area contributed by atoms with Crippen molar-refractivity contribution in [2.45, 2.75) is 6.92 Å². The Hall–Kier alpha value is -3.07. The van der Waals surface area contributed by atoms with Gasteiger partial charge in [-0.25, -0.2) is 15.0 Å². The van der Waals surface area contributed by atoms with E-state index in [1.165, 1.54) is 17.7 Å². The standard InChI is InChI=1S/C14H12N6O2S/c1-9-4-2-3-5-10(9)18-12-11(20(21)22)13(17-8-16-12)19-14-15-6-7-23-14/h2-8H,1H3,(H2,15,16,17,18,19). The van der Waals surface area contributed by atoms with Crippen molar-refractivity contribution in [2.24, 2.45) is 0 Å². The number of aromatic nitrogens is 3. The number of nitro groups is 1. The molecule has 2 N–H and O–H groups in total. The van der Waals surface area contributed by atoms with Gasteiger partial charge in [0.25, 0.3) is 0 Å². The van der Waals surface area contributed by atoms with Gasteiger partial charge in [0.05, 0.1) is 4.92 Å². The summed E-state index contributed by atoms with van der Waals surface area (Å²) < 4.78 is 0. The molecule has 0 amide bonds. The zero-order valence-corrected chi connectivity index (χ0v) is 12.9. The Bertz CT molecular complexity index is 837. The predicted molar refractivity (Wildman–Crippen MR) is 88.5 cm³/mol. The summed E-state index contributed by atoms with van der Waals surface area (Å²) in [6, 6.07) is 7.47. The summed E-state index contributed by atoms with van der Waals surface area (Å²) in [5.41, 5.74) is 1.47. The van der Waals surface area contributed by atoms with Crippen LogP contribution in [0.4, 0.5) is 28.1 Å². The molecule has 0 spiro atoms. The number of thiazole rings is 1. The number of hydrogen-bond acceptors (Lipinski definition) is 8. The van der Waals surface area contributed by atoms with Crippen molar-refractivity contribution in [3.63, 3.8) is 0 Å². The monoisotopic (exact) mass is 328 g/mol. The molecule has 0 fully saturated rings. The molecular weight excluding hydrogens is 316 g/mol. The Morgan fingerprint density at radius 3 is 2.52 bits per heavy atom. The summed E-state index contributed by atoms with van der Waals surface area (Å²) in [5.74, 6) is 0.217. The van der Waals surface area contributed by atoms with Crippen molar-refractivity contribution >= 4 is 39.5 Å². The number of benzene rings is 1. The zero-order chi connectivity index (χ0) is 16.2. The van der Waals surface area contributed by atoms with E-state index in [0.29, 0.717) is 5.13 Å². The van der Waals surface area contributed by atoms with E-state index in [4.69, 9.17) is 0 Å². The lowest BCUT2D eigenvalue weighted by molar-refractivity contribution is -0.383. The van der Waals surface area contributed by atoms with Crippen LogP contribution < -0.4 is 10.6 Å². The summed E-state index contributed by atoms with van der Waals surface area (Å²) in [4.78, 5) is 23.0. The molecule has 0 bridgehead atoms. The molecule has 116 valence electrons. The van der Waals surface area contributed by atoms with Gasteiger partial charge in [-0.15, -0.1) is 11.3 Å². The minimum atomic E-state index is -0.517. The Labute approximate surface area is 135 Å². The highest BCUT2D eigenvalue weighted by molar-refractivity contribution is 7.13. The molecule has 0 aliphatic heterocycles. The smallest absolute Gasteiger partial charge is 0.334 e. The highest BCUT2D eigenvalue weighted by atomic mass is 32.1. The molecule has 0 saturated carbocycles. The van der Waals surface area contributed by atoms with Crippen LogP contribution in [-0.2, 0) is 0 Å². The fraction of sp³-hybridized carbons (Fsp3) is 0.0714. The average Bonchev–Trinajstić information content (AvgIpc) is 3.02. The maximum Gasteiger partial charge on any atom is 0.353 e. The molecule has 9 heteroatoms. The van der Waals surface area contributed by atoms with Gasteiger partial charge in [0, 0.05) is 17.3 Å². The van der Waals surface area contributed by atoms with Gasteiger partial charge in [0.15, 0.2) is 5.13 Å². The summed E-state index contributed by atoms with van der Waals surface area (Å²) in [5, 5.41) is 19.6. The van der Waals surface area contributed by atoms with Gasteiger partial charge in [-0.2, -0.15) is 0 Å². The summed E-state index contributed by atoms with van der Waals surface area (Å²) in [6.07, 6.45) is 2.87. The molecule has 3 aromatic rings. The third-order valence-corrected chi connectivity index (χ3v) is 3.75. The molecule has 2 aromatic heterocycles. The molecular formula is C14H12N6O2S. The Balaban J connectivity index is 2.00. The van der Waals surface area contributed by atoms with Crippen LogP contribution in [-0.4, -0.2) is 19.9 Å². The molecule has 2 heterocycles. The van der Waals surface area contributed by atoms with Gasteiger partial charge in [-0.1, -0.05) is 18.2 Å². The van der Waals surface area contributed by atoms with Crippen LogP contribution >= 0.6 is 11.3 Å². The minimum absolute atomic E-state index is 0.0936. The van der Waals surface area contributed by atoms with Crippen molar-refractivity contribution in [3.05, 3.63) is 57.8 Å². The highest BCUT2D eigenvalue weighted by Crippen LogP contribution is 2.33. The number of aryl methyl sites for hydroxylation is 1. The molecule has 23 heavy (non-hydrogen) atoms. The van der Waals surface area contributed by atoms with Crippen molar-refractivity contribution in [3.8, 4) is 0 Å². The third kappa shape index (κ3) is 3.24. The molecule has 0 aliphatic rings. The van der Waals surface area contributed by atoms with E-state index in [0.717, 1.165) is 11.3 Å². The quantitative estimate of drug-likeness (QED) is 0.544. The zero-order valence-electron chi connectivity index (χ0n) is 12.1. The molecule has 3 rings (SSSR count). The third-order valence-electron chi connectivity index (χ3n) is 3.06. The molecule has 0 radical (unpaired) electrons. The van der Waals surface area contributed by atoms with Gasteiger partial charge >= 0.3 is 5.69 Å². The van der Waals surface area contributed by atoms with Crippen LogP contribution in [0.3, 0.4) is 0 Å². The number of rotatable bonds is 5. The maximum atomic E-state index is 11.5. The van der Waals surface area contributed by atoms with Crippen LogP contribution in [0.15, 0.2) is 42.2 Å². The average molecular weight is 328 g/mol. The maximum absolute atomic E-state index is 11.5. The Morgan fingerprint density at radius 1 is 1.13 bits per heavy atom. The predicted octanol–water partition coefficient (Wildman–Crippen LogP) is 3.64. The van der Waals surface area contributed by atoms with Crippen LogP contribution in [0.25, 0.3) is 0 Å². The van der Waals surface area contributed by atoms with Gasteiger partial charge in [-0.3, -0.25) is 10.1 Å². The summed E-state index contributed by atoms with van der Waals surface area (Å²) in [6.45, 7) is 1.91. The fourth-order valence-corrected chi connectivity index (χ4v) is 2.49. The summed E-state index contributed by atoms with van der Waals surface area (Å²) in [7, 11) is 0. The molecule has 8 nitrogen and oxygen atoms in total. The number of para-hydroxylation sites is 1. The van der Waals surface area contributed by atoms with Crippen LogP contribution in [0.5, 0.6) is 0 Å². The first-order chi connectivity index (χ1) is 11.1. The molecule has 0 aliphatic carbocycles. The molecule has 0 unspecified atom stereocenters.